The minimum atomic E-state index is -0.0116. The van der Waals surface area contributed by atoms with E-state index in [2.05, 4.69) is 36.8 Å². The summed E-state index contributed by atoms with van der Waals surface area (Å²) in [5.41, 5.74) is 5.07. The summed E-state index contributed by atoms with van der Waals surface area (Å²) in [6.07, 6.45) is 1.76. The average Bonchev–Trinajstić information content (AvgIpc) is 3.28. The molecule has 1 amide bonds. The van der Waals surface area contributed by atoms with E-state index in [1.165, 1.54) is 0 Å². The number of fused-ring (bicyclic) bond motifs is 1. The third-order valence-corrected chi connectivity index (χ3v) is 6.50. The van der Waals surface area contributed by atoms with Crippen molar-refractivity contribution in [2.75, 3.05) is 31.1 Å². The fourth-order valence-corrected chi connectivity index (χ4v) is 4.62. The Balaban J connectivity index is 1.50. The Hall–Kier alpha value is -3.87. The van der Waals surface area contributed by atoms with Crippen LogP contribution in [-0.2, 0) is 0 Å². The van der Waals surface area contributed by atoms with Crippen molar-refractivity contribution in [3.8, 4) is 17.0 Å². The number of aromatic hydroxyl groups is 1. The molecule has 0 saturated carbocycles. The molecule has 2 aromatic heterocycles. The fourth-order valence-electron chi connectivity index (χ4n) is 4.62. The first-order chi connectivity index (χ1) is 16.4. The number of aromatic nitrogens is 3. The van der Waals surface area contributed by atoms with Crippen LogP contribution >= 0.6 is 0 Å². The van der Waals surface area contributed by atoms with Crippen LogP contribution in [0.4, 0.5) is 5.69 Å². The number of carbonyl (C=O) groups is 1. The first kappa shape index (κ1) is 21.9. The predicted octanol–water partition coefficient (Wildman–Crippen LogP) is 4.66. The minimum absolute atomic E-state index is 0.0116. The molecular formula is C27H29N5O2. The van der Waals surface area contributed by atoms with E-state index in [0.717, 1.165) is 33.5 Å². The molecule has 1 saturated heterocycles. The first-order valence-corrected chi connectivity index (χ1v) is 11.7. The van der Waals surface area contributed by atoms with Crippen LogP contribution in [0.15, 0.2) is 60.8 Å². The van der Waals surface area contributed by atoms with Gasteiger partial charge in [0.2, 0.25) is 0 Å². The molecule has 0 atom stereocenters. The number of hydrogen-bond acceptors (Lipinski definition) is 5. The van der Waals surface area contributed by atoms with E-state index in [9.17, 15) is 9.90 Å². The molecule has 0 bridgehead atoms. The van der Waals surface area contributed by atoms with E-state index in [4.69, 9.17) is 4.98 Å². The Morgan fingerprint density at radius 3 is 2.41 bits per heavy atom. The lowest BCUT2D eigenvalue weighted by Crippen LogP contribution is -2.48. The number of aryl methyl sites for hydroxylation is 1. The Bertz CT molecular complexity index is 1350. The van der Waals surface area contributed by atoms with E-state index in [-0.39, 0.29) is 17.7 Å². The number of benzene rings is 2. The van der Waals surface area contributed by atoms with Crippen LogP contribution in [0.1, 0.15) is 35.8 Å². The smallest absolute Gasteiger partial charge is 0.254 e. The Morgan fingerprint density at radius 2 is 1.71 bits per heavy atom. The third kappa shape index (κ3) is 3.87. The highest BCUT2D eigenvalue weighted by Gasteiger charge is 2.26. The predicted molar refractivity (Wildman–Crippen MR) is 134 cm³/mol. The largest absolute Gasteiger partial charge is 0.506 e. The van der Waals surface area contributed by atoms with Gasteiger partial charge in [-0.3, -0.25) is 4.79 Å². The van der Waals surface area contributed by atoms with Gasteiger partial charge in [0.15, 0.2) is 5.65 Å². The van der Waals surface area contributed by atoms with Gasteiger partial charge in [0.25, 0.3) is 5.91 Å². The molecule has 1 N–H and O–H groups in total. The number of carbonyl (C=O) groups excluding carboxylic acids is 1. The third-order valence-electron chi connectivity index (χ3n) is 6.50. The van der Waals surface area contributed by atoms with Crippen molar-refractivity contribution >= 4 is 22.6 Å². The highest BCUT2D eigenvalue weighted by molar-refractivity contribution is 6.06. The van der Waals surface area contributed by atoms with Crippen molar-refractivity contribution in [3.05, 3.63) is 71.9 Å². The number of amides is 1. The van der Waals surface area contributed by atoms with Gasteiger partial charge in [-0.1, -0.05) is 36.4 Å². The number of pyridine rings is 1. The molecule has 7 nitrogen and oxygen atoms in total. The van der Waals surface area contributed by atoms with E-state index in [1.807, 2.05) is 52.0 Å². The minimum Gasteiger partial charge on any atom is -0.506 e. The Morgan fingerprint density at radius 1 is 1.00 bits per heavy atom. The summed E-state index contributed by atoms with van der Waals surface area (Å²) in [5, 5.41) is 15.5. The van der Waals surface area contributed by atoms with Gasteiger partial charge in [0, 0.05) is 37.8 Å². The lowest BCUT2D eigenvalue weighted by Gasteiger charge is -2.36. The van der Waals surface area contributed by atoms with Gasteiger partial charge in [-0.05, 0) is 44.5 Å². The fraction of sp³-hybridized carbons (Fsp3) is 0.296. The maximum Gasteiger partial charge on any atom is 0.254 e. The molecule has 174 valence electrons. The van der Waals surface area contributed by atoms with Crippen molar-refractivity contribution in [1.29, 1.82) is 0 Å². The van der Waals surface area contributed by atoms with Crippen LogP contribution < -0.4 is 4.90 Å². The average molecular weight is 456 g/mol. The topological polar surface area (TPSA) is 74.5 Å². The zero-order valence-corrected chi connectivity index (χ0v) is 19.8. The van der Waals surface area contributed by atoms with E-state index >= 15 is 0 Å². The van der Waals surface area contributed by atoms with Crippen molar-refractivity contribution in [3.63, 3.8) is 0 Å². The maximum absolute atomic E-state index is 13.8. The molecule has 4 aromatic rings. The summed E-state index contributed by atoms with van der Waals surface area (Å²) < 4.78 is 1.88. The van der Waals surface area contributed by atoms with Gasteiger partial charge in [0.1, 0.15) is 5.75 Å². The second kappa shape index (κ2) is 8.82. The summed E-state index contributed by atoms with van der Waals surface area (Å²) in [6, 6.07) is 17.5. The van der Waals surface area contributed by atoms with Gasteiger partial charge >= 0.3 is 0 Å². The lowest BCUT2D eigenvalue weighted by atomic mass is 10.0. The van der Waals surface area contributed by atoms with Crippen LogP contribution in [0.2, 0.25) is 0 Å². The molecule has 5 rings (SSSR count). The second-order valence-corrected chi connectivity index (χ2v) is 9.06. The van der Waals surface area contributed by atoms with E-state index < -0.39 is 0 Å². The van der Waals surface area contributed by atoms with Gasteiger partial charge in [-0.25, -0.2) is 9.67 Å². The molecule has 1 fully saturated rings. The quantitative estimate of drug-likeness (QED) is 0.485. The molecular weight excluding hydrogens is 426 g/mol. The number of hydrogen-bond donors (Lipinski definition) is 1. The summed E-state index contributed by atoms with van der Waals surface area (Å²) >= 11 is 0. The second-order valence-electron chi connectivity index (χ2n) is 9.06. The molecule has 0 unspecified atom stereocenters. The van der Waals surface area contributed by atoms with Crippen LogP contribution in [0.25, 0.3) is 22.3 Å². The van der Waals surface area contributed by atoms with Gasteiger partial charge in [-0.2, -0.15) is 5.10 Å². The van der Waals surface area contributed by atoms with Crippen molar-refractivity contribution < 1.29 is 9.90 Å². The number of phenolic OH excluding ortho intramolecular Hbond substituents is 1. The number of rotatable bonds is 4. The number of piperazine rings is 1. The highest BCUT2D eigenvalue weighted by Crippen LogP contribution is 2.30. The summed E-state index contributed by atoms with van der Waals surface area (Å²) in [7, 11) is 0. The molecule has 0 spiro atoms. The lowest BCUT2D eigenvalue weighted by molar-refractivity contribution is 0.0748. The van der Waals surface area contributed by atoms with E-state index in [0.29, 0.717) is 31.7 Å². The zero-order chi connectivity index (χ0) is 23.8. The molecule has 3 heterocycles. The molecule has 0 radical (unpaired) electrons. The molecule has 34 heavy (non-hydrogen) atoms. The number of para-hydroxylation sites is 2. The summed E-state index contributed by atoms with van der Waals surface area (Å²) in [5.74, 6) is 0.254. The summed E-state index contributed by atoms with van der Waals surface area (Å²) in [4.78, 5) is 22.7. The molecule has 0 aliphatic carbocycles. The monoisotopic (exact) mass is 455 g/mol. The van der Waals surface area contributed by atoms with Crippen LogP contribution in [0, 0.1) is 6.92 Å². The zero-order valence-electron chi connectivity index (χ0n) is 19.8. The normalized spacial score (nSPS) is 14.2. The Labute approximate surface area is 199 Å². The SMILES string of the molecule is Cc1ccccc1-c1cc(C(=O)N2CCN(c3ccccc3O)CC2)c2cnn(C(C)C)c2n1. The molecule has 1 aliphatic rings. The van der Waals surface area contributed by atoms with Gasteiger partial charge in [-0.15, -0.1) is 0 Å². The Kier molecular flexibility index (Phi) is 5.69. The molecule has 2 aromatic carbocycles. The summed E-state index contributed by atoms with van der Waals surface area (Å²) in [6.45, 7) is 8.66. The van der Waals surface area contributed by atoms with E-state index in [1.54, 1.807) is 12.3 Å². The molecule has 7 heteroatoms. The van der Waals surface area contributed by atoms with Crippen molar-refractivity contribution in [2.24, 2.45) is 0 Å². The number of anilines is 1. The van der Waals surface area contributed by atoms with Crippen LogP contribution in [0.5, 0.6) is 5.75 Å². The standard InChI is InChI=1S/C27H29N5O2/c1-18(2)32-26-22(17-28-32)21(16-23(29-26)20-9-5-4-8-19(20)3)27(34)31-14-12-30(13-15-31)24-10-6-7-11-25(24)33/h4-11,16-18,33H,12-15H2,1-3H3. The van der Waals surface area contributed by atoms with Gasteiger partial charge in [0.05, 0.1) is 28.5 Å². The van der Waals surface area contributed by atoms with Crippen LogP contribution in [0.3, 0.4) is 0 Å². The van der Waals surface area contributed by atoms with Crippen LogP contribution in [-0.4, -0.2) is 56.9 Å². The first-order valence-electron chi connectivity index (χ1n) is 11.7. The number of phenols is 1. The highest BCUT2D eigenvalue weighted by atomic mass is 16.3. The van der Waals surface area contributed by atoms with Crippen molar-refractivity contribution in [1.82, 2.24) is 19.7 Å². The molecule has 1 aliphatic heterocycles. The maximum atomic E-state index is 13.8. The van der Waals surface area contributed by atoms with Crippen molar-refractivity contribution in [2.45, 2.75) is 26.8 Å². The van der Waals surface area contributed by atoms with Gasteiger partial charge < -0.3 is 14.9 Å². The number of nitrogens with zero attached hydrogens (tertiary/aromatic N) is 5.